The van der Waals surface area contributed by atoms with E-state index in [0.717, 1.165) is 42.2 Å². The third-order valence-corrected chi connectivity index (χ3v) is 3.50. The van der Waals surface area contributed by atoms with Crippen molar-refractivity contribution in [1.29, 1.82) is 0 Å². The highest BCUT2D eigenvalue weighted by Gasteiger charge is 2.20. The third kappa shape index (κ3) is 2.48. The first-order valence-electron chi connectivity index (χ1n) is 5.57. The zero-order chi connectivity index (χ0) is 11.5. The zero-order valence-electron chi connectivity index (χ0n) is 9.45. The highest BCUT2D eigenvalue weighted by atomic mass is 35.5. The van der Waals surface area contributed by atoms with Gasteiger partial charge in [-0.05, 0) is 37.5 Å². The number of benzene rings is 1. The van der Waals surface area contributed by atoms with Crippen molar-refractivity contribution in [3.05, 3.63) is 28.8 Å². The molecule has 0 aliphatic carbocycles. The molecule has 1 heterocycles. The van der Waals surface area contributed by atoms with Crippen molar-refractivity contribution >= 4 is 17.3 Å². The quantitative estimate of drug-likeness (QED) is 0.808. The van der Waals surface area contributed by atoms with Crippen molar-refractivity contribution in [2.24, 2.45) is 5.90 Å². The van der Waals surface area contributed by atoms with Gasteiger partial charge in [-0.3, -0.25) is 4.84 Å². The highest BCUT2D eigenvalue weighted by molar-refractivity contribution is 6.31. The number of anilines is 1. The van der Waals surface area contributed by atoms with Gasteiger partial charge in [-0.2, -0.15) is 0 Å². The zero-order valence-corrected chi connectivity index (χ0v) is 10.2. The van der Waals surface area contributed by atoms with E-state index in [1.807, 2.05) is 19.1 Å². The Balaban J connectivity index is 2.13. The molecule has 1 aliphatic rings. The number of piperidine rings is 1. The summed E-state index contributed by atoms with van der Waals surface area (Å²) in [6, 6.07) is 6.15. The lowest BCUT2D eigenvalue weighted by atomic mass is 10.1. The van der Waals surface area contributed by atoms with Crippen LogP contribution in [-0.2, 0) is 4.84 Å². The number of halogens is 1. The van der Waals surface area contributed by atoms with E-state index in [-0.39, 0.29) is 6.10 Å². The van der Waals surface area contributed by atoms with Gasteiger partial charge in [-0.1, -0.05) is 17.7 Å². The normalized spacial score (nSPS) is 21.2. The molecule has 0 amide bonds. The van der Waals surface area contributed by atoms with Crippen molar-refractivity contribution in [3.63, 3.8) is 0 Å². The van der Waals surface area contributed by atoms with Gasteiger partial charge in [-0.15, -0.1) is 0 Å². The number of aryl methyl sites for hydroxylation is 1. The number of hydrogen-bond donors (Lipinski definition) is 1. The van der Waals surface area contributed by atoms with E-state index in [2.05, 4.69) is 11.0 Å². The molecule has 1 aromatic rings. The van der Waals surface area contributed by atoms with Crippen molar-refractivity contribution in [2.75, 3.05) is 18.0 Å². The Bertz CT molecular complexity index is 370. The Kier molecular flexibility index (Phi) is 3.69. The average molecular weight is 241 g/mol. The summed E-state index contributed by atoms with van der Waals surface area (Å²) in [4.78, 5) is 7.19. The standard InChI is InChI=1S/C12H17ClN2O/c1-9-4-5-10(7-12(9)13)15-6-2-3-11(8-15)16-14/h4-5,7,11H,2-3,6,8,14H2,1H3. The molecule has 16 heavy (non-hydrogen) atoms. The van der Waals surface area contributed by atoms with Crippen LogP contribution in [0.1, 0.15) is 18.4 Å². The van der Waals surface area contributed by atoms with Gasteiger partial charge in [0.2, 0.25) is 0 Å². The topological polar surface area (TPSA) is 38.5 Å². The monoisotopic (exact) mass is 240 g/mol. The maximum atomic E-state index is 6.12. The Labute approximate surface area is 101 Å². The molecule has 1 aromatic carbocycles. The van der Waals surface area contributed by atoms with Crippen molar-refractivity contribution in [3.8, 4) is 0 Å². The van der Waals surface area contributed by atoms with Gasteiger partial charge in [0, 0.05) is 23.8 Å². The first-order chi connectivity index (χ1) is 7.70. The molecule has 2 N–H and O–H groups in total. The molecule has 88 valence electrons. The van der Waals surface area contributed by atoms with Gasteiger partial charge in [0.1, 0.15) is 0 Å². The molecule has 0 bridgehead atoms. The van der Waals surface area contributed by atoms with Gasteiger partial charge in [-0.25, -0.2) is 5.90 Å². The Morgan fingerprint density at radius 2 is 2.31 bits per heavy atom. The lowest BCUT2D eigenvalue weighted by Gasteiger charge is -2.33. The molecule has 0 aromatic heterocycles. The highest BCUT2D eigenvalue weighted by Crippen LogP contribution is 2.25. The smallest absolute Gasteiger partial charge is 0.0962 e. The second kappa shape index (κ2) is 5.04. The van der Waals surface area contributed by atoms with E-state index in [1.54, 1.807) is 0 Å². The lowest BCUT2D eigenvalue weighted by molar-refractivity contribution is 0.0435. The Morgan fingerprint density at radius 3 is 3.00 bits per heavy atom. The van der Waals surface area contributed by atoms with E-state index < -0.39 is 0 Å². The molecule has 4 heteroatoms. The first-order valence-corrected chi connectivity index (χ1v) is 5.95. The van der Waals surface area contributed by atoms with Crippen molar-refractivity contribution in [1.82, 2.24) is 0 Å². The minimum absolute atomic E-state index is 0.133. The van der Waals surface area contributed by atoms with Crippen LogP contribution >= 0.6 is 11.6 Å². The van der Waals surface area contributed by atoms with E-state index in [0.29, 0.717) is 0 Å². The summed E-state index contributed by atoms with van der Waals surface area (Å²) in [5, 5.41) is 0.813. The number of nitrogens with two attached hydrogens (primary N) is 1. The van der Waals surface area contributed by atoms with Crippen molar-refractivity contribution in [2.45, 2.75) is 25.9 Å². The maximum absolute atomic E-state index is 6.12. The van der Waals surface area contributed by atoms with Crippen molar-refractivity contribution < 1.29 is 4.84 Å². The summed E-state index contributed by atoms with van der Waals surface area (Å²) in [7, 11) is 0. The molecule has 1 unspecified atom stereocenters. The Morgan fingerprint density at radius 1 is 1.50 bits per heavy atom. The molecular formula is C12H17ClN2O. The molecule has 0 spiro atoms. The van der Waals surface area contributed by atoms with E-state index in [9.17, 15) is 0 Å². The molecule has 1 atom stereocenters. The van der Waals surface area contributed by atoms with Gasteiger partial charge in [0.25, 0.3) is 0 Å². The van der Waals surface area contributed by atoms with Crippen LogP contribution in [0.25, 0.3) is 0 Å². The summed E-state index contributed by atoms with van der Waals surface area (Å²) in [5.41, 5.74) is 2.26. The van der Waals surface area contributed by atoms with Gasteiger partial charge >= 0.3 is 0 Å². The number of rotatable bonds is 2. The largest absolute Gasteiger partial charge is 0.369 e. The van der Waals surface area contributed by atoms with Gasteiger partial charge in [0.15, 0.2) is 0 Å². The molecule has 3 nitrogen and oxygen atoms in total. The lowest BCUT2D eigenvalue weighted by Crippen LogP contribution is -2.40. The summed E-state index contributed by atoms with van der Waals surface area (Å²) < 4.78 is 0. The minimum atomic E-state index is 0.133. The number of hydrogen-bond acceptors (Lipinski definition) is 3. The number of nitrogens with zero attached hydrogens (tertiary/aromatic N) is 1. The summed E-state index contributed by atoms with van der Waals surface area (Å²) in [6.07, 6.45) is 2.27. The van der Waals surface area contributed by atoms with Crippen LogP contribution in [0.5, 0.6) is 0 Å². The van der Waals surface area contributed by atoms with Gasteiger partial charge in [0.05, 0.1) is 6.10 Å². The molecule has 2 rings (SSSR count). The fourth-order valence-corrected chi connectivity index (χ4v) is 2.24. The molecular weight excluding hydrogens is 224 g/mol. The van der Waals surface area contributed by atoms with E-state index >= 15 is 0 Å². The predicted molar refractivity (Wildman–Crippen MR) is 66.7 cm³/mol. The van der Waals surface area contributed by atoms with Crippen LogP contribution < -0.4 is 10.8 Å². The van der Waals surface area contributed by atoms with E-state index in [1.165, 1.54) is 0 Å². The molecule has 0 saturated carbocycles. The maximum Gasteiger partial charge on any atom is 0.0962 e. The van der Waals surface area contributed by atoms with Gasteiger partial charge < -0.3 is 4.90 Å². The second-order valence-corrected chi connectivity index (χ2v) is 4.69. The summed E-state index contributed by atoms with van der Waals surface area (Å²) >= 11 is 6.12. The fraction of sp³-hybridized carbons (Fsp3) is 0.500. The first kappa shape index (κ1) is 11.7. The van der Waals surface area contributed by atoms with Crippen LogP contribution in [0.3, 0.4) is 0 Å². The fourth-order valence-electron chi connectivity index (χ4n) is 2.06. The third-order valence-electron chi connectivity index (χ3n) is 3.09. The molecule has 1 fully saturated rings. The average Bonchev–Trinajstić information content (AvgIpc) is 2.33. The Hall–Kier alpha value is -0.770. The van der Waals surface area contributed by atoms with Crippen LogP contribution in [0.15, 0.2) is 18.2 Å². The minimum Gasteiger partial charge on any atom is -0.369 e. The summed E-state index contributed by atoms with van der Waals surface area (Å²) in [6.45, 7) is 3.89. The van der Waals surface area contributed by atoms with E-state index in [4.69, 9.17) is 22.3 Å². The predicted octanol–water partition coefficient (Wildman–Crippen LogP) is 2.51. The molecule has 0 radical (unpaired) electrons. The van der Waals surface area contributed by atoms with Crippen LogP contribution in [0.2, 0.25) is 5.02 Å². The van der Waals surface area contributed by atoms with Crippen LogP contribution in [0.4, 0.5) is 5.69 Å². The SMILES string of the molecule is Cc1ccc(N2CCCC(ON)C2)cc1Cl. The van der Waals surface area contributed by atoms with Crippen LogP contribution in [-0.4, -0.2) is 19.2 Å². The molecule has 1 aliphatic heterocycles. The van der Waals surface area contributed by atoms with Crippen LogP contribution in [0, 0.1) is 6.92 Å². The second-order valence-electron chi connectivity index (χ2n) is 4.28. The molecule has 1 saturated heterocycles. The summed E-state index contributed by atoms with van der Waals surface area (Å²) in [5.74, 6) is 5.24.